The van der Waals surface area contributed by atoms with Crippen molar-refractivity contribution in [2.75, 3.05) is 26.2 Å². The maximum absolute atomic E-state index is 4.41. The van der Waals surface area contributed by atoms with E-state index in [1.54, 1.807) is 0 Å². The van der Waals surface area contributed by atoms with Crippen molar-refractivity contribution in [3.05, 3.63) is 54.4 Å². The zero-order chi connectivity index (χ0) is 17.1. The Labute approximate surface area is 146 Å². The summed E-state index contributed by atoms with van der Waals surface area (Å²) < 4.78 is 3.90. The highest BCUT2D eigenvalue weighted by Gasteiger charge is 2.20. The number of aromatic nitrogens is 6. The standard InChI is InChI=1S/C17H22N8/c1-22-8-7-18-16(22)13-23-9-11-24(12-10-23)14-17-19-20-21-25(17)15-5-3-2-4-6-15/h2-8H,9-14H2,1H3. The molecular formula is C17H22N8. The topological polar surface area (TPSA) is 67.9 Å². The Hall–Kier alpha value is -2.58. The van der Waals surface area contributed by atoms with E-state index in [1.807, 2.05) is 54.5 Å². The van der Waals surface area contributed by atoms with Gasteiger partial charge in [-0.3, -0.25) is 9.80 Å². The molecule has 8 nitrogen and oxygen atoms in total. The van der Waals surface area contributed by atoms with E-state index in [0.717, 1.165) is 56.6 Å². The summed E-state index contributed by atoms with van der Waals surface area (Å²) in [5, 5.41) is 12.2. The first kappa shape index (κ1) is 15.9. The molecule has 0 atom stereocenters. The highest BCUT2D eigenvalue weighted by molar-refractivity contribution is 5.30. The zero-order valence-electron chi connectivity index (χ0n) is 14.4. The van der Waals surface area contributed by atoms with E-state index < -0.39 is 0 Å². The second-order valence-corrected chi connectivity index (χ2v) is 6.35. The van der Waals surface area contributed by atoms with Crippen molar-refractivity contribution in [3.63, 3.8) is 0 Å². The number of para-hydroxylation sites is 1. The summed E-state index contributed by atoms with van der Waals surface area (Å²) in [6, 6.07) is 10.0. The molecule has 0 saturated carbocycles. The molecular weight excluding hydrogens is 316 g/mol. The molecule has 1 fully saturated rings. The van der Waals surface area contributed by atoms with Crippen molar-refractivity contribution in [1.82, 2.24) is 39.6 Å². The summed E-state index contributed by atoms with van der Waals surface area (Å²) >= 11 is 0. The predicted octanol–water partition coefficient (Wildman–Crippen LogP) is 0.714. The quantitative estimate of drug-likeness (QED) is 0.683. The van der Waals surface area contributed by atoms with Gasteiger partial charge in [0.05, 0.1) is 18.8 Å². The van der Waals surface area contributed by atoms with Gasteiger partial charge in [-0.1, -0.05) is 18.2 Å². The summed E-state index contributed by atoms with van der Waals surface area (Å²) in [5.41, 5.74) is 0.996. The van der Waals surface area contributed by atoms with E-state index >= 15 is 0 Å². The fourth-order valence-electron chi connectivity index (χ4n) is 3.13. The van der Waals surface area contributed by atoms with Crippen molar-refractivity contribution < 1.29 is 0 Å². The molecule has 4 rings (SSSR count). The van der Waals surface area contributed by atoms with E-state index in [-0.39, 0.29) is 0 Å². The second kappa shape index (κ2) is 7.12. The molecule has 1 aromatic carbocycles. The number of aryl methyl sites for hydroxylation is 1. The smallest absolute Gasteiger partial charge is 0.170 e. The molecule has 0 amide bonds. The van der Waals surface area contributed by atoms with Gasteiger partial charge >= 0.3 is 0 Å². The molecule has 130 valence electrons. The maximum atomic E-state index is 4.41. The minimum absolute atomic E-state index is 0.762. The zero-order valence-corrected chi connectivity index (χ0v) is 14.4. The molecule has 0 bridgehead atoms. The Bertz CT molecular complexity index is 801. The Morgan fingerprint density at radius 2 is 1.60 bits per heavy atom. The van der Waals surface area contributed by atoms with E-state index in [1.165, 1.54) is 0 Å². The Morgan fingerprint density at radius 3 is 2.24 bits per heavy atom. The average molecular weight is 338 g/mol. The molecule has 0 spiro atoms. The van der Waals surface area contributed by atoms with Crippen LogP contribution in [-0.4, -0.2) is 65.7 Å². The third-order valence-electron chi connectivity index (χ3n) is 4.65. The van der Waals surface area contributed by atoms with Gasteiger partial charge in [0, 0.05) is 45.6 Å². The van der Waals surface area contributed by atoms with Crippen LogP contribution in [0.3, 0.4) is 0 Å². The monoisotopic (exact) mass is 338 g/mol. The molecule has 0 aliphatic carbocycles. The first-order valence-electron chi connectivity index (χ1n) is 8.53. The maximum Gasteiger partial charge on any atom is 0.170 e. The normalized spacial score (nSPS) is 16.4. The molecule has 0 unspecified atom stereocenters. The molecule has 3 heterocycles. The van der Waals surface area contributed by atoms with Gasteiger partial charge in [0.1, 0.15) is 5.82 Å². The van der Waals surface area contributed by atoms with Crippen molar-refractivity contribution in [2.45, 2.75) is 13.1 Å². The molecule has 2 aromatic heterocycles. The van der Waals surface area contributed by atoms with Crippen LogP contribution in [0.15, 0.2) is 42.7 Å². The van der Waals surface area contributed by atoms with Gasteiger partial charge in [0.15, 0.2) is 5.82 Å². The van der Waals surface area contributed by atoms with Gasteiger partial charge in [0.2, 0.25) is 0 Å². The molecule has 1 saturated heterocycles. The second-order valence-electron chi connectivity index (χ2n) is 6.35. The highest BCUT2D eigenvalue weighted by atomic mass is 15.5. The van der Waals surface area contributed by atoms with Crippen LogP contribution < -0.4 is 0 Å². The molecule has 1 aliphatic rings. The lowest BCUT2D eigenvalue weighted by Gasteiger charge is -2.34. The molecule has 25 heavy (non-hydrogen) atoms. The molecule has 0 N–H and O–H groups in total. The SMILES string of the molecule is Cn1ccnc1CN1CCN(Cc2nnnn2-c2ccccc2)CC1. The van der Waals surface area contributed by atoms with E-state index in [4.69, 9.17) is 0 Å². The van der Waals surface area contributed by atoms with Crippen molar-refractivity contribution in [1.29, 1.82) is 0 Å². The molecule has 0 radical (unpaired) electrons. The van der Waals surface area contributed by atoms with Crippen LogP contribution in [0.25, 0.3) is 5.69 Å². The first-order valence-corrected chi connectivity index (χ1v) is 8.53. The fourth-order valence-corrected chi connectivity index (χ4v) is 3.13. The van der Waals surface area contributed by atoms with Crippen LogP contribution >= 0.6 is 0 Å². The number of hydrogen-bond acceptors (Lipinski definition) is 6. The third-order valence-corrected chi connectivity index (χ3v) is 4.65. The summed E-state index contributed by atoms with van der Waals surface area (Å²) in [4.78, 5) is 9.26. The lowest BCUT2D eigenvalue weighted by atomic mass is 10.3. The lowest BCUT2D eigenvalue weighted by molar-refractivity contribution is 0.116. The number of rotatable bonds is 5. The Balaban J connectivity index is 1.35. The van der Waals surface area contributed by atoms with Gasteiger partial charge in [-0.15, -0.1) is 5.10 Å². The highest BCUT2D eigenvalue weighted by Crippen LogP contribution is 2.12. The van der Waals surface area contributed by atoms with Crippen LogP contribution in [0, 0.1) is 0 Å². The molecule has 1 aliphatic heterocycles. The minimum Gasteiger partial charge on any atom is -0.337 e. The Kier molecular flexibility index (Phi) is 4.53. The first-order chi connectivity index (χ1) is 12.3. The van der Waals surface area contributed by atoms with Crippen molar-refractivity contribution in [2.24, 2.45) is 7.05 Å². The molecule has 8 heteroatoms. The van der Waals surface area contributed by atoms with Gasteiger partial charge in [0.25, 0.3) is 0 Å². The van der Waals surface area contributed by atoms with Crippen LogP contribution in [0.1, 0.15) is 11.6 Å². The molecule has 3 aromatic rings. The predicted molar refractivity (Wildman–Crippen MR) is 92.9 cm³/mol. The van der Waals surface area contributed by atoms with Gasteiger partial charge in [-0.2, -0.15) is 4.68 Å². The van der Waals surface area contributed by atoms with Gasteiger partial charge in [-0.25, -0.2) is 4.98 Å². The Morgan fingerprint density at radius 1 is 0.920 bits per heavy atom. The van der Waals surface area contributed by atoms with Crippen LogP contribution in [0.2, 0.25) is 0 Å². The van der Waals surface area contributed by atoms with Crippen LogP contribution in [0.4, 0.5) is 0 Å². The minimum atomic E-state index is 0.762. The van der Waals surface area contributed by atoms with E-state index in [2.05, 4.69) is 34.9 Å². The number of imidazole rings is 1. The number of piperazine rings is 1. The summed E-state index contributed by atoms with van der Waals surface area (Å²) in [5.74, 6) is 1.99. The van der Waals surface area contributed by atoms with Gasteiger partial charge in [-0.05, 0) is 22.6 Å². The van der Waals surface area contributed by atoms with Crippen LogP contribution in [0.5, 0.6) is 0 Å². The summed E-state index contributed by atoms with van der Waals surface area (Å²) in [6.45, 7) is 5.73. The largest absolute Gasteiger partial charge is 0.337 e. The van der Waals surface area contributed by atoms with E-state index in [0.29, 0.717) is 0 Å². The number of nitrogens with zero attached hydrogens (tertiary/aromatic N) is 8. The lowest BCUT2D eigenvalue weighted by Crippen LogP contribution is -2.46. The van der Waals surface area contributed by atoms with Crippen LogP contribution in [-0.2, 0) is 20.1 Å². The number of hydrogen-bond donors (Lipinski definition) is 0. The van der Waals surface area contributed by atoms with Gasteiger partial charge < -0.3 is 4.57 Å². The fraction of sp³-hybridized carbons (Fsp3) is 0.412. The number of tetrazole rings is 1. The van der Waals surface area contributed by atoms with Crippen molar-refractivity contribution in [3.8, 4) is 5.69 Å². The van der Waals surface area contributed by atoms with E-state index in [9.17, 15) is 0 Å². The third kappa shape index (κ3) is 3.59. The van der Waals surface area contributed by atoms with Crippen molar-refractivity contribution >= 4 is 0 Å². The summed E-state index contributed by atoms with van der Waals surface area (Å²) in [6.07, 6.45) is 3.85. The number of benzene rings is 1. The average Bonchev–Trinajstić information content (AvgIpc) is 3.27. The summed E-state index contributed by atoms with van der Waals surface area (Å²) in [7, 11) is 2.04.